The van der Waals surface area contributed by atoms with Gasteiger partial charge in [-0.25, -0.2) is 9.18 Å². The van der Waals surface area contributed by atoms with Crippen molar-refractivity contribution < 1.29 is 18.7 Å². The Morgan fingerprint density at radius 1 is 0.939 bits per heavy atom. The molecular weight excluding hydrogens is 421 g/mol. The van der Waals surface area contributed by atoms with Gasteiger partial charge in [0, 0.05) is 32.1 Å². The molecule has 1 unspecified atom stereocenters. The first-order valence-electron chi connectivity index (χ1n) is 11.8. The van der Waals surface area contributed by atoms with Crippen LogP contribution in [0.4, 0.5) is 9.18 Å². The minimum Gasteiger partial charge on any atom is -0.366 e. The molecule has 0 radical (unpaired) electrons. The zero-order valence-electron chi connectivity index (χ0n) is 18.7. The fourth-order valence-corrected chi connectivity index (χ4v) is 5.56. The Kier molecular flexibility index (Phi) is 6.31. The summed E-state index contributed by atoms with van der Waals surface area (Å²) in [7, 11) is 0. The number of hydrogen-bond acceptors (Lipinski definition) is 3. The van der Waals surface area contributed by atoms with Crippen LogP contribution in [0.3, 0.4) is 0 Å². The lowest BCUT2D eigenvalue weighted by molar-refractivity contribution is -0.139. The summed E-state index contributed by atoms with van der Waals surface area (Å²) in [5.41, 5.74) is 2.34. The van der Waals surface area contributed by atoms with Gasteiger partial charge in [0.05, 0.1) is 12.1 Å². The van der Waals surface area contributed by atoms with E-state index >= 15 is 0 Å². The molecule has 6 nitrogen and oxygen atoms in total. The van der Waals surface area contributed by atoms with Gasteiger partial charge < -0.3 is 19.9 Å². The van der Waals surface area contributed by atoms with E-state index in [9.17, 15) is 14.0 Å². The van der Waals surface area contributed by atoms with E-state index in [2.05, 4.69) is 17.4 Å². The van der Waals surface area contributed by atoms with Crippen molar-refractivity contribution in [1.29, 1.82) is 0 Å². The standard InChI is InChI=1S/C26H30FN3O3/c27-21-8-6-19(7-9-21)25(18-4-2-1-3-5-18)20-10-13-29(14-11-20)26(32)30-15-12-23-22(16-30)28-24(31)17-33-23/h1-9,20,22-23,25H,10-17H2,(H,28,31)/t22-,23?,25-/m1/s1. The lowest BCUT2D eigenvalue weighted by atomic mass is 9.76. The highest BCUT2D eigenvalue weighted by molar-refractivity contribution is 5.79. The van der Waals surface area contributed by atoms with Gasteiger partial charge >= 0.3 is 6.03 Å². The van der Waals surface area contributed by atoms with Gasteiger partial charge in [-0.2, -0.15) is 0 Å². The summed E-state index contributed by atoms with van der Waals surface area (Å²) >= 11 is 0. The summed E-state index contributed by atoms with van der Waals surface area (Å²) < 4.78 is 19.2. The summed E-state index contributed by atoms with van der Waals surface area (Å²) in [5.74, 6) is 0.210. The van der Waals surface area contributed by atoms with E-state index in [1.165, 1.54) is 17.7 Å². The number of hydrogen-bond donors (Lipinski definition) is 1. The average Bonchev–Trinajstić information content (AvgIpc) is 2.85. The lowest BCUT2D eigenvalue weighted by Gasteiger charge is -2.44. The largest absolute Gasteiger partial charge is 0.366 e. The number of piperidine rings is 2. The summed E-state index contributed by atoms with van der Waals surface area (Å²) in [4.78, 5) is 28.7. The SMILES string of the molecule is O=C1COC2CCN(C(=O)N3CCC([C@H](c4ccccc4)c4ccc(F)cc4)CC3)C[C@H]2N1. The van der Waals surface area contributed by atoms with Crippen LogP contribution in [-0.4, -0.2) is 66.7 Å². The van der Waals surface area contributed by atoms with Crippen molar-refractivity contribution in [2.24, 2.45) is 5.92 Å². The Morgan fingerprint density at radius 3 is 2.33 bits per heavy atom. The summed E-state index contributed by atoms with van der Waals surface area (Å²) in [6.07, 6.45) is 2.53. The third-order valence-electron chi connectivity index (χ3n) is 7.26. The van der Waals surface area contributed by atoms with Gasteiger partial charge in [-0.3, -0.25) is 4.79 Å². The first-order valence-corrected chi connectivity index (χ1v) is 11.8. The van der Waals surface area contributed by atoms with Crippen LogP contribution in [0.25, 0.3) is 0 Å². The topological polar surface area (TPSA) is 61.9 Å². The molecule has 0 aromatic heterocycles. The summed E-state index contributed by atoms with van der Waals surface area (Å²) in [6.45, 7) is 2.65. The van der Waals surface area contributed by atoms with Crippen LogP contribution in [0.2, 0.25) is 0 Å². The molecule has 0 saturated carbocycles. The van der Waals surface area contributed by atoms with Gasteiger partial charge in [-0.05, 0) is 48.4 Å². The van der Waals surface area contributed by atoms with Crippen LogP contribution in [0.1, 0.15) is 36.3 Å². The van der Waals surface area contributed by atoms with Crippen molar-refractivity contribution in [2.75, 3.05) is 32.8 Å². The number of likely N-dealkylation sites (tertiary alicyclic amines) is 2. The molecule has 3 atom stereocenters. The maximum Gasteiger partial charge on any atom is 0.320 e. The second-order valence-corrected chi connectivity index (χ2v) is 9.31. The smallest absolute Gasteiger partial charge is 0.320 e. The number of urea groups is 1. The number of amides is 3. The fourth-order valence-electron chi connectivity index (χ4n) is 5.56. The molecule has 3 aliphatic heterocycles. The molecule has 3 aliphatic rings. The van der Waals surface area contributed by atoms with E-state index in [1.807, 2.05) is 40.1 Å². The zero-order valence-corrected chi connectivity index (χ0v) is 18.7. The van der Waals surface area contributed by atoms with Crippen molar-refractivity contribution >= 4 is 11.9 Å². The zero-order chi connectivity index (χ0) is 22.8. The minimum atomic E-state index is -0.227. The number of halogens is 1. The number of carbonyl (C=O) groups excluding carboxylic acids is 2. The Bertz CT molecular complexity index is 976. The number of carbonyl (C=O) groups is 2. The summed E-state index contributed by atoms with van der Waals surface area (Å²) in [6, 6.07) is 17.1. The highest BCUT2D eigenvalue weighted by atomic mass is 19.1. The van der Waals surface area contributed by atoms with Crippen LogP contribution in [-0.2, 0) is 9.53 Å². The van der Waals surface area contributed by atoms with Crippen LogP contribution < -0.4 is 5.32 Å². The number of fused-ring (bicyclic) bond motifs is 1. The number of morpholine rings is 1. The average molecular weight is 452 g/mol. The van der Waals surface area contributed by atoms with Crippen molar-refractivity contribution in [3.05, 3.63) is 71.5 Å². The van der Waals surface area contributed by atoms with Crippen molar-refractivity contribution in [2.45, 2.75) is 37.3 Å². The highest BCUT2D eigenvalue weighted by Crippen LogP contribution is 2.38. The highest BCUT2D eigenvalue weighted by Gasteiger charge is 2.38. The molecular formula is C26H30FN3O3. The number of nitrogens with one attached hydrogen (secondary N) is 1. The molecule has 33 heavy (non-hydrogen) atoms. The van der Waals surface area contributed by atoms with Crippen molar-refractivity contribution in [3.63, 3.8) is 0 Å². The number of benzene rings is 2. The Labute approximate surface area is 193 Å². The van der Waals surface area contributed by atoms with E-state index in [1.54, 1.807) is 0 Å². The molecule has 3 fully saturated rings. The van der Waals surface area contributed by atoms with Crippen molar-refractivity contribution in [1.82, 2.24) is 15.1 Å². The lowest BCUT2D eigenvalue weighted by Crippen LogP contribution is -2.62. The third-order valence-corrected chi connectivity index (χ3v) is 7.26. The molecule has 5 rings (SSSR count). The fraction of sp³-hybridized carbons (Fsp3) is 0.462. The predicted octanol–water partition coefficient (Wildman–Crippen LogP) is 3.38. The number of rotatable bonds is 3. The van der Waals surface area contributed by atoms with Gasteiger partial charge in [0.15, 0.2) is 0 Å². The Morgan fingerprint density at radius 2 is 1.61 bits per heavy atom. The second kappa shape index (κ2) is 9.51. The molecule has 3 heterocycles. The van der Waals surface area contributed by atoms with Crippen LogP contribution >= 0.6 is 0 Å². The molecule has 0 aliphatic carbocycles. The first kappa shape index (κ1) is 21.9. The van der Waals surface area contributed by atoms with Gasteiger partial charge in [0.25, 0.3) is 0 Å². The summed E-state index contributed by atoms with van der Waals surface area (Å²) in [5, 5.41) is 2.97. The van der Waals surface area contributed by atoms with Crippen molar-refractivity contribution in [3.8, 4) is 0 Å². The van der Waals surface area contributed by atoms with E-state index in [0.29, 0.717) is 32.1 Å². The molecule has 2 aromatic carbocycles. The van der Waals surface area contributed by atoms with Gasteiger partial charge in [-0.15, -0.1) is 0 Å². The van der Waals surface area contributed by atoms with E-state index in [0.717, 1.165) is 24.8 Å². The maximum atomic E-state index is 13.6. The molecule has 1 N–H and O–H groups in total. The third kappa shape index (κ3) is 4.74. The Hall–Kier alpha value is -2.93. The molecule has 7 heteroatoms. The quantitative estimate of drug-likeness (QED) is 0.778. The number of ether oxygens (including phenoxy) is 1. The molecule has 174 valence electrons. The Balaban J connectivity index is 1.25. The van der Waals surface area contributed by atoms with Crippen LogP contribution in [0.5, 0.6) is 0 Å². The molecule has 0 spiro atoms. The van der Waals surface area contributed by atoms with Gasteiger partial charge in [0.2, 0.25) is 5.91 Å². The molecule has 3 saturated heterocycles. The predicted molar refractivity (Wildman–Crippen MR) is 122 cm³/mol. The maximum absolute atomic E-state index is 13.6. The molecule has 3 amide bonds. The second-order valence-electron chi connectivity index (χ2n) is 9.31. The monoisotopic (exact) mass is 451 g/mol. The van der Waals surface area contributed by atoms with Gasteiger partial charge in [-0.1, -0.05) is 42.5 Å². The van der Waals surface area contributed by atoms with Crippen LogP contribution in [0, 0.1) is 11.7 Å². The molecule has 0 bridgehead atoms. The normalized spacial score (nSPS) is 24.7. The first-order chi connectivity index (χ1) is 16.1. The van der Waals surface area contributed by atoms with E-state index in [-0.39, 0.29) is 42.4 Å². The van der Waals surface area contributed by atoms with E-state index < -0.39 is 0 Å². The van der Waals surface area contributed by atoms with Crippen LogP contribution in [0.15, 0.2) is 54.6 Å². The minimum absolute atomic E-state index is 0.000161. The van der Waals surface area contributed by atoms with Gasteiger partial charge in [0.1, 0.15) is 12.4 Å². The number of nitrogens with zero attached hydrogens (tertiary/aromatic N) is 2. The van der Waals surface area contributed by atoms with E-state index in [4.69, 9.17) is 4.74 Å². The molecule has 2 aromatic rings.